The van der Waals surface area contributed by atoms with Gasteiger partial charge in [0.2, 0.25) is 0 Å². The number of allylic oxidation sites excluding steroid dienone is 2. The van der Waals surface area contributed by atoms with E-state index in [1.165, 1.54) is 64.2 Å². The van der Waals surface area contributed by atoms with Crippen molar-refractivity contribution in [2.45, 2.75) is 111 Å². The van der Waals surface area contributed by atoms with Crippen molar-refractivity contribution in [1.29, 1.82) is 0 Å². The Hall–Kier alpha value is -0.790. The van der Waals surface area contributed by atoms with Gasteiger partial charge in [0.25, 0.3) is 0 Å². The van der Waals surface area contributed by atoms with Crippen LogP contribution < -0.4 is 0 Å². The molecule has 1 unspecified atom stereocenters. The van der Waals surface area contributed by atoms with Crippen LogP contribution in [0.4, 0.5) is 0 Å². The summed E-state index contributed by atoms with van der Waals surface area (Å²) in [5, 5.41) is 8.89. The van der Waals surface area contributed by atoms with Crippen LogP contribution in [-0.4, -0.2) is 11.1 Å². The van der Waals surface area contributed by atoms with Gasteiger partial charge in [0.05, 0.1) is 0 Å². The van der Waals surface area contributed by atoms with Gasteiger partial charge >= 0.3 is 5.97 Å². The lowest BCUT2D eigenvalue weighted by atomic mass is 9.75. The summed E-state index contributed by atoms with van der Waals surface area (Å²) in [6.07, 6.45) is 20.0. The molecule has 0 heterocycles. The van der Waals surface area contributed by atoms with Crippen LogP contribution in [0, 0.1) is 11.3 Å². The van der Waals surface area contributed by atoms with Gasteiger partial charge in [-0.05, 0) is 49.9 Å². The van der Waals surface area contributed by atoms with Crippen molar-refractivity contribution in [1.82, 2.24) is 0 Å². The SMILES string of the molecule is CCCCCCCC/C=C\CCCCC(CCC(=O)O)C(C)(C)C. The summed E-state index contributed by atoms with van der Waals surface area (Å²) < 4.78 is 0. The highest BCUT2D eigenvalue weighted by Gasteiger charge is 2.24. The van der Waals surface area contributed by atoms with Gasteiger partial charge in [0.15, 0.2) is 0 Å². The Balaban J connectivity index is 3.67. The quantitative estimate of drug-likeness (QED) is 0.250. The number of aliphatic carboxylic acids is 1. The van der Waals surface area contributed by atoms with Crippen molar-refractivity contribution >= 4 is 5.97 Å². The Kier molecular flexibility index (Phi) is 14.1. The number of unbranched alkanes of at least 4 members (excludes halogenated alkanes) is 8. The van der Waals surface area contributed by atoms with Crippen molar-refractivity contribution in [2.24, 2.45) is 11.3 Å². The minimum Gasteiger partial charge on any atom is -0.481 e. The monoisotopic (exact) mass is 338 g/mol. The molecule has 0 saturated heterocycles. The van der Waals surface area contributed by atoms with E-state index in [0.29, 0.717) is 12.3 Å². The summed E-state index contributed by atoms with van der Waals surface area (Å²) in [6, 6.07) is 0. The van der Waals surface area contributed by atoms with Crippen LogP contribution in [0.25, 0.3) is 0 Å². The highest BCUT2D eigenvalue weighted by atomic mass is 16.4. The summed E-state index contributed by atoms with van der Waals surface area (Å²) in [5.41, 5.74) is 0.211. The molecule has 0 bridgehead atoms. The average Bonchev–Trinajstić information content (AvgIpc) is 2.49. The average molecular weight is 339 g/mol. The molecule has 0 aliphatic heterocycles. The lowest BCUT2D eigenvalue weighted by Crippen LogP contribution is -2.21. The van der Waals surface area contributed by atoms with E-state index in [4.69, 9.17) is 5.11 Å². The molecule has 0 spiro atoms. The molecule has 2 nitrogen and oxygen atoms in total. The van der Waals surface area contributed by atoms with Crippen molar-refractivity contribution < 1.29 is 9.90 Å². The van der Waals surface area contributed by atoms with Crippen molar-refractivity contribution in [2.75, 3.05) is 0 Å². The molecule has 2 heteroatoms. The van der Waals surface area contributed by atoms with E-state index in [1.807, 2.05) is 0 Å². The standard InChI is InChI=1S/C22H42O2/c1-5-6-7-8-9-10-11-12-13-14-15-16-17-20(22(2,3)4)18-19-21(23)24/h12-13,20H,5-11,14-19H2,1-4H3,(H,23,24)/b13-12-. The number of carbonyl (C=O) groups is 1. The van der Waals surface area contributed by atoms with E-state index < -0.39 is 5.97 Å². The zero-order valence-corrected chi connectivity index (χ0v) is 16.8. The fraction of sp³-hybridized carbons (Fsp3) is 0.864. The second-order valence-electron chi connectivity index (χ2n) is 8.31. The lowest BCUT2D eigenvalue weighted by Gasteiger charge is -2.30. The predicted octanol–water partition coefficient (Wildman–Crippen LogP) is 7.38. The van der Waals surface area contributed by atoms with E-state index in [2.05, 4.69) is 39.8 Å². The molecule has 1 N–H and O–H groups in total. The summed E-state index contributed by atoms with van der Waals surface area (Å²) in [5.74, 6) is -0.150. The fourth-order valence-electron chi connectivity index (χ4n) is 3.24. The third-order valence-corrected chi connectivity index (χ3v) is 5.00. The van der Waals surface area contributed by atoms with Gasteiger partial charge in [0.1, 0.15) is 0 Å². The van der Waals surface area contributed by atoms with Crippen LogP contribution in [0.1, 0.15) is 111 Å². The third-order valence-electron chi connectivity index (χ3n) is 5.00. The molecule has 1 atom stereocenters. The number of carboxylic acids is 1. The molecule has 0 aliphatic rings. The van der Waals surface area contributed by atoms with Gasteiger partial charge in [0, 0.05) is 6.42 Å². The van der Waals surface area contributed by atoms with Crippen LogP contribution >= 0.6 is 0 Å². The Morgan fingerprint density at radius 1 is 0.875 bits per heavy atom. The molecule has 0 aromatic heterocycles. The smallest absolute Gasteiger partial charge is 0.303 e. The first kappa shape index (κ1) is 23.2. The molecule has 0 aromatic carbocycles. The van der Waals surface area contributed by atoms with Crippen LogP contribution in [0.3, 0.4) is 0 Å². The Labute approximate surface area is 151 Å². The second-order valence-corrected chi connectivity index (χ2v) is 8.31. The summed E-state index contributed by atoms with van der Waals surface area (Å²) in [7, 11) is 0. The predicted molar refractivity (Wildman–Crippen MR) is 105 cm³/mol. The maximum Gasteiger partial charge on any atom is 0.303 e. The van der Waals surface area contributed by atoms with E-state index in [-0.39, 0.29) is 5.41 Å². The summed E-state index contributed by atoms with van der Waals surface area (Å²) >= 11 is 0. The number of hydrogen-bond acceptors (Lipinski definition) is 1. The normalized spacial score (nSPS) is 13.5. The summed E-state index contributed by atoms with van der Waals surface area (Å²) in [6.45, 7) is 8.97. The van der Waals surface area contributed by atoms with Crippen LogP contribution in [0.2, 0.25) is 0 Å². The first-order chi connectivity index (χ1) is 11.4. The van der Waals surface area contributed by atoms with Gasteiger partial charge < -0.3 is 5.11 Å². The van der Waals surface area contributed by atoms with E-state index in [1.54, 1.807) is 0 Å². The third kappa shape index (κ3) is 14.8. The van der Waals surface area contributed by atoms with Gasteiger partial charge in [-0.15, -0.1) is 0 Å². The van der Waals surface area contributed by atoms with Crippen molar-refractivity contribution in [3.8, 4) is 0 Å². The number of rotatable bonds is 15. The molecule has 0 saturated carbocycles. The zero-order chi connectivity index (χ0) is 18.3. The summed E-state index contributed by atoms with van der Waals surface area (Å²) in [4.78, 5) is 10.8. The molecule has 0 fully saturated rings. The molecule has 0 amide bonds. The maximum absolute atomic E-state index is 10.8. The molecular formula is C22H42O2. The Bertz CT molecular complexity index is 325. The van der Waals surface area contributed by atoms with Gasteiger partial charge in [-0.25, -0.2) is 0 Å². The zero-order valence-electron chi connectivity index (χ0n) is 16.8. The largest absolute Gasteiger partial charge is 0.481 e. The minimum atomic E-state index is -0.665. The highest BCUT2D eigenvalue weighted by Crippen LogP contribution is 2.34. The molecule has 142 valence electrons. The molecule has 0 rings (SSSR count). The van der Waals surface area contributed by atoms with Crippen LogP contribution in [-0.2, 0) is 4.79 Å². The van der Waals surface area contributed by atoms with E-state index in [9.17, 15) is 4.79 Å². The number of hydrogen-bond donors (Lipinski definition) is 1. The maximum atomic E-state index is 10.8. The first-order valence-corrected chi connectivity index (χ1v) is 10.2. The van der Waals surface area contributed by atoms with Crippen molar-refractivity contribution in [3.63, 3.8) is 0 Å². The minimum absolute atomic E-state index is 0.211. The highest BCUT2D eigenvalue weighted by molar-refractivity contribution is 5.66. The van der Waals surface area contributed by atoms with Gasteiger partial charge in [-0.2, -0.15) is 0 Å². The topological polar surface area (TPSA) is 37.3 Å². The lowest BCUT2D eigenvalue weighted by molar-refractivity contribution is -0.137. The molecule has 24 heavy (non-hydrogen) atoms. The number of carboxylic acid groups (broad SMARTS) is 1. The first-order valence-electron chi connectivity index (χ1n) is 10.2. The fourth-order valence-corrected chi connectivity index (χ4v) is 3.24. The Morgan fingerprint density at radius 2 is 1.42 bits per heavy atom. The molecule has 0 aromatic rings. The van der Waals surface area contributed by atoms with E-state index in [0.717, 1.165) is 12.8 Å². The Morgan fingerprint density at radius 3 is 1.96 bits per heavy atom. The molecule has 0 aliphatic carbocycles. The van der Waals surface area contributed by atoms with Crippen LogP contribution in [0.5, 0.6) is 0 Å². The van der Waals surface area contributed by atoms with Crippen LogP contribution in [0.15, 0.2) is 12.2 Å². The van der Waals surface area contributed by atoms with Crippen molar-refractivity contribution in [3.05, 3.63) is 12.2 Å². The van der Waals surface area contributed by atoms with Gasteiger partial charge in [-0.3, -0.25) is 4.79 Å². The molecule has 0 radical (unpaired) electrons. The van der Waals surface area contributed by atoms with E-state index >= 15 is 0 Å². The van der Waals surface area contributed by atoms with Gasteiger partial charge in [-0.1, -0.05) is 78.4 Å². The molecular weight excluding hydrogens is 296 g/mol. The second kappa shape index (κ2) is 14.5.